The van der Waals surface area contributed by atoms with Gasteiger partial charge >= 0.3 is 5.97 Å². The SMILES string of the molecule is C/C=C/C(C)(OC(=O)c1ccc(N(C)C)cc1)C(C)C. The number of anilines is 1. The number of carbonyl (C=O) groups excluding carboxylic acids is 1. The molecule has 0 aliphatic heterocycles. The third kappa shape index (κ3) is 3.86. The average molecular weight is 275 g/mol. The van der Waals surface area contributed by atoms with Crippen molar-refractivity contribution in [3.63, 3.8) is 0 Å². The molecule has 0 heterocycles. The topological polar surface area (TPSA) is 29.5 Å². The molecule has 3 nitrogen and oxygen atoms in total. The summed E-state index contributed by atoms with van der Waals surface area (Å²) in [7, 11) is 3.93. The molecule has 0 aliphatic carbocycles. The van der Waals surface area contributed by atoms with Crippen LogP contribution in [0.5, 0.6) is 0 Å². The van der Waals surface area contributed by atoms with Crippen molar-refractivity contribution in [3.05, 3.63) is 42.0 Å². The number of hydrogen-bond donors (Lipinski definition) is 0. The highest BCUT2D eigenvalue weighted by molar-refractivity contribution is 5.90. The molecule has 0 fully saturated rings. The molecule has 1 aromatic rings. The summed E-state index contributed by atoms with van der Waals surface area (Å²) in [6.07, 6.45) is 3.85. The van der Waals surface area contributed by atoms with Crippen LogP contribution >= 0.6 is 0 Å². The maximum Gasteiger partial charge on any atom is 0.338 e. The Bertz CT molecular complexity index is 474. The monoisotopic (exact) mass is 275 g/mol. The minimum atomic E-state index is -0.577. The predicted octanol–water partition coefficient (Wildman–Crippen LogP) is 3.90. The van der Waals surface area contributed by atoms with Crippen LogP contribution in [0.1, 0.15) is 38.1 Å². The smallest absolute Gasteiger partial charge is 0.338 e. The Labute approximate surface area is 122 Å². The van der Waals surface area contributed by atoms with Gasteiger partial charge in [-0.1, -0.05) is 19.9 Å². The van der Waals surface area contributed by atoms with Crippen LogP contribution in [0, 0.1) is 5.92 Å². The van der Waals surface area contributed by atoms with E-state index in [9.17, 15) is 4.79 Å². The van der Waals surface area contributed by atoms with Crippen molar-refractivity contribution in [2.45, 2.75) is 33.3 Å². The van der Waals surface area contributed by atoms with Crippen LogP contribution in [0.15, 0.2) is 36.4 Å². The van der Waals surface area contributed by atoms with E-state index < -0.39 is 5.60 Å². The lowest BCUT2D eigenvalue weighted by Gasteiger charge is -2.30. The number of allylic oxidation sites excluding steroid dienone is 1. The second-order valence-corrected chi connectivity index (χ2v) is 5.67. The third-order valence-corrected chi connectivity index (χ3v) is 3.58. The van der Waals surface area contributed by atoms with Gasteiger partial charge in [-0.25, -0.2) is 4.79 Å². The zero-order valence-corrected chi connectivity index (χ0v) is 13.3. The van der Waals surface area contributed by atoms with Crippen LogP contribution in [0.3, 0.4) is 0 Å². The summed E-state index contributed by atoms with van der Waals surface area (Å²) < 4.78 is 5.69. The van der Waals surface area contributed by atoms with Crippen LogP contribution in [-0.2, 0) is 4.74 Å². The maximum atomic E-state index is 12.3. The van der Waals surface area contributed by atoms with Crippen LogP contribution in [0.4, 0.5) is 5.69 Å². The first-order valence-electron chi connectivity index (χ1n) is 6.94. The Morgan fingerprint density at radius 1 is 1.25 bits per heavy atom. The van der Waals surface area contributed by atoms with E-state index in [1.807, 2.05) is 71.0 Å². The molecule has 0 aromatic heterocycles. The molecule has 0 bridgehead atoms. The van der Waals surface area contributed by atoms with Crippen molar-refractivity contribution in [2.75, 3.05) is 19.0 Å². The van der Waals surface area contributed by atoms with Crippen LogP contribution in [-0.4, -0.2) is 25.7 Å². The van der Waals surface area contributed by atoms with E-state index in [-0.39, 0.29) is 11.9 Å². The molecule has 0 aliphatic rings. The highest BCUT2D eigenvalue weighted by atomic mass is 16.6. The summed E-state index contributed by atoms with van der Waals surface area (Å²) in [5, 5.41) is 0. The molecule has 0 saturated carbocycles. The van der Waals surface area contributed by atoms with Crippen LogP contribution < -0.4 is 4.90 Å². The van der Waals surface area contributed by atoms with Crippen molar-refractivity contribution in [1.29, 1.82) is 0 Å². The first-order valence-corrected chi connectivity index (χ1v) is 6.94. The summed E-state index contributed by atoms with van der Waals surface area (Å²) in [5.74, 6) is -0.0756. The van der Waals surface area contributed by atoms with Gasteiger partial charge in [0.25, 0.3) is 0 Å². The molecule has 1 aromatic carbocycles. The molecule has 0 spiro atoms. The zero-order chi connectivity index (χ0) is 15.3. The Balaban J connectivity index is 2.89. The molecule has 1 rings (SSSR count). The number of esters is 1. The second kappa shape index (κ2) is 6.60. The molecule has 1 atom stereocenters. The lowest BCUT2D eigenvalue weighted by atomic mass is 9.91. The molecule has 3 heteroatoms. The van der Waals surface area contributed by atoms with Gasteiger partial charge in [-0.15, -0.1) is 0 Å². The van der Waals surface area contributed by atoms with Gasteiger partial charge in [0.05, 0.1) is 5.56 Å². The molecule has 20 heavy (non-hydrogen) atoms. The van der Waals surface area contributed by atoms with Gasteiger partial charge in [0.15, 0.2) is 0 Å². The summed E-state index contributed by atoms with van der Waals surface area (Å²) in [5.41, 5.74) is 1.06. The third-order valence-electron chi connectivity index (χ3n) is 3.58. The van der Waals surface area contributed by atoms with Crippen molar-refractivity contribution < 1.29 is 9.53 Å². The lowest BCUT2D eigenvalue weighted by molar-refractivity contribution is -0.00725. The van der Waals surface area contributed by atoms with E-state index in [0.717, 1.165) is 5.69 Å². The molecule has 0 N–H and O–H groups in total. The maximum absolute atomic E-state index is 12.3. The lowest BCUT2D eigenvalue weighted by Crippen LogP contribution is -2.35. The minimum Gasteiger partial charge on any atom is -0.451 e. The van der Waals surface area contributed by atoms with E-state index in [1.54, 1.807) is 12.1 Å². The van der Waals surface area contributed by atoms with Crippen LogP contribution in [0.2, 0.25) is 0 Å². The van der Waals surface area contributed by atoms with Gasteiger partial charge in [-0.2, -0.15) is 0 Å². The van der Waals surface area contributed by atoms with Gasteiger partial charge in [-0.3, -0.25) is 0 Å². The number of nitrogens with zero attached hydrogens (tertiary/aromatic N) is 1. The first kappa shape index (κ1) is 16.3. The fourth-order valence-electron chi connectivity index (χ4n) is 1.83. The second-order valence-electron chi connectivity index (χ2n) is 5.67. The van der Waals surface area contributed by atoms with Gasteiger partial charge in [0.2, 0.25) is 0 Å². The predicted molar refractivity (Wildman–Crippen MR) is 84.2 cm³/mol. The van der Waals surface area contributed by atoms with E-state index in [2.05, 4.69) is 0 Å². The molecular formula is C17H25NO2. The summed E-state index contributed by atoms with van der Waals surface area (Å²) in [6.45, 7) is 7.95. The van der Waals surface area contributed by atoms with E-state index in [0.29, 0.717) is 5.56 Å². The molecule has 1 unspecified atom stereocenters. The summed E-state index contributed by atoms with van der Waals surface area (Å²) in [6, 6.07) is 7.43. The molecule has 0 saturated heterocycles. The zero-order valence-electron chi connectivity index (χ0n) is 13.3. The van der Waals surface area contributed by atoms with Gasteiger partial charge in [0, 0.05) is 19.8 Å². The molecule has 110 valence electrons. The average Bonchev–Trinajstić information content (AvgIpc) is 2.38. The quantitative estimate of drug-likeness (QED) is 0.603. The minimum absolute atomic E-state index is 0.212. The standard InChI is InChI=1S/C17H25NO2/c1-7-12-17(4,13(2)3)20-16(19)14-8-10-15(11-9-14)18(5)6/h7-13H,1-6H3/b12-7+. The van der Waals surface area contributed by atoms with Gasteiger partial charge in [0.1, 0.15) is 5.60 Å². The number of rotatable bonds is 5. The molecular weight excluding hydrogens is 250 g/mol. The summed E-state index contributed by atoms with van der Waals surface area (Å²) >= 11 is 0. The Hall–Kier alpha value is -1.77. The van der Waals surface area contributed by atoms with Crippen molar-refractivity contribution in [1.82, 2.24) is 0 Å². The molecule has 0 radical (unpaired) electrons. The summed E-state index contributed by atoms with van der Waals surface area (Å²) in [4.78, 5) is 14.2. The van der Waals surface area contributed by atoms with Crippen molar-refractivity contribution in [3.8, 4) is 0 Å². The highest BCUT2D eigenvalue weighted by Crippen LogP contribution is 2.25. The van der Waals surface area contributed by atoms with Crippen LogP contribution in [0.25, 0.3) is 0 Å². The Morgan fingerprint density at radius 2 is 1.80 bits per heavy atom. The van der Waals surface area contributed by atoms with Crippen molar-refractivity contribution in [2.24, 2.45) is 5.92 Å². The largest absolute Gasteiger partial charge is 0.451 e. The number of hydrogen-bond acceptors (Lipinski definition) is 3. The number of ether oxygens (including phenoxy) is 1. The van der Waals surface area contributed by atoms with E-state index in [4.69, 9.17) is 4.74 Å². The van der Waals surface area contributed by atoms with Gasteiger partial charge in [-0.05, 0) is 50.1 Å². The number of benzene rings is 1. The van der Waals surface area contributed by atoms with E-state index in [1.165, 1.54) is 0 Å². The molecule has 0 amide bonds. The van der Waals surface area contributed by atoms with Gasteiger partial charge < -0.3 is 9.64 Å². The fourth-order valence-corrected chi connectivity index (χ4v) is 1.83. The Kier molecular flexibility index (Phi) is 5.37. The Morgan fingerprint density at radius 3 is 2.20 bits per heavy atom. The highest BCUT2D eigenvalue weighted by Gasteiger charge is 2.30. The van der Waals surface area contributed by atoms with E-state index >= 15 is 0 Å². The van der Waals surface area contributed by atoms with Crippen molar-refractivity contribution >= 4 is 11.7 Å². The first-order chi connectivity index (χ1) is 9.30. The normalized spacial score (nSPS) is 14.3. The fraction of sp³-hybridized carbons (Fsp3) is 0.471. The number of carbonyl (C=O) groups is 1.